The van der Waals surface area contributed by atoms with Crippen molar-refractivity contribution in [1.82, 2.24) is 4.90 Å². The number of carbonyl (C=O) groups excluding carboxylic acids is 1. The van der Waals surface area contributed by atoms with Crippen molar-refractivity contribution >= 4 is 17.3 Å². The molecule has 1 aliphatic rings. The second kappa shape index (κ2) is 5.93. The fraction of sp³-hybridized carbons (Fsp3) is 0.500. The molecule has 2 rings (SSSR count). The fourth-order valence-corrected chi connectivity index (χ4v) is 2.42. The number of benzene rings is 1. The van der Waals surface area contributed by atoms with Crippen LogP contribution >= 0.6 is 0 Å². The maximum absolute atomic E-state index is 11.3. The Labute approximate surface area is 114 Å². The van der Waals surface area contributed by atoms with E-state index in [-0.39, 0.29) is 0 Å². The SMILES string of the molecule is CN(CCN1CCCC1)c1ccc(N)c(C(N)=O)c1. The van der Waals surface area contributed by atoms with Crippen molar-refractivity contribution in [2.75, 3.05) is 43.9 Å². The van der Waals surface area contributed by atoms with Gasteiger partial charge in [-0.1, -0.05) is 0 Å². The number of nitrogen functional groups attached to an aromatic ring is 1. The first-order valence-electron chi connectivity index (χ1n) is 6.71. The fourth-order valence-electron chi connectivity index (χ4n) is 2.42. The average Bonchev–Trinajstić information content (AvgIpc) is 2.89. The van der Waals surface area contributed by atoms with Crippen LogP contribution in [0.3, 0.4) is 0 Å². The van der Waals surface area contributed by atoms with Crippen LogP contribution in [0.5, 0.6) is 0 Å². The zero-order valence-electron chi connectivity index (χ0n) is 11.4. The van der Waals surface area contributed by atoms with Gasteiger partial charge in [0.05, 0.1) is 5.56 Å². The molecule has 19 heavy (non-hydrogen) atoms. The van der Waals surface area contributed by atoms with Crippen LogP contribution in [-0.4, -0.2) is 44.0 Å². The highest BCUT2D eigenvalue weighted by Crippen LogP contribution is 2.20. The summed E-state index contributed by atoms with van der Waals surface area (Å²) in [4.78, 5) is 15.9. The monoisotopic (exact) mass is 262 g/mol. The maximum Gasteiger partial charge on any atom is 0.250 e. The predicted molar refractivity (Wildman–Crippen MR) is 78.3 cm³/mol. The Kier molecular flexibility index (Phi) is 4.27. The molecule has 0 aromatic heterocycles. The van der Waals surface area contributed by atoms with Crippen molar-refractivity contribution in [3.8, 4) is 0 Å². The van der Waals surface area contributed by atoms with Crippen LogP contribution in [0.15, 0.2) is 18.2 Å². The number of nitrogens with two attached hydrogens (primary N) is 2. The molecule has 104 valence electrons. The van der Waals surface area contributed by atoms with E-state index in [0.717, 1.165) is 18.8 Å². The molecule has 1 heterocycles. The minimum absolute atomic E-state index is 0.394. The van der Waals surface area contributed by atoms with E-state index in [1.165, 1.54) is 25.9 Å². The third-order valence-electron chi connectivity index (χ3n) is 3.69. The molecule has 1 saturated heterocycles. The van der Waals surface area contributed by atoms with E-state index in [1.54, 1.807) is 12.1 Å². The van der Waals surface area contributed by atoms with Crippen molar-refractivity contribution in [1.29, 1.82) is 0 Å². The third kappa shape index (κ3) is 3.38. The normalized spacial score (nSPS) is 15.6. The van der Waals surface area contributed by atoms with Crippen LogP contribution in [0, 0.1) is 0 Å². The molecule has 5 heteroatoms. The first-order chi connectivity index (χ1) is 9.08. The minimum atomic E-state index is -0.479. The van der Waals surface area contributed by atoms with E-state index in [0.29, 0.717) is 11.3 Å². The number of hydrogen-bond acceptors (Lipinski definition) is 4. The van der Waals surface area contributed by atoms with Gasteiger partial charge in [-0.25, -0.2) is 0 Å². The number of hydrogen-bond donors (Lipinski definition) is 2. The van der Waals surface area contributed by atoms with Crippen molar-refractivity contribution < 1.29 is 4.79 Å². The van der Waals surface area contributed by atoms with E-state index in [2.05, 4.69) is 9.80 Å². The van der Waals surface area contributed by atoms with Gasteiger partial charge in [0.2, 0.25) is 0 Å². The van der Waals surface area contributed by atoms with E-state index in [4.69, 9.17) is 11.5 Å². The van der Waals surface area contributed by atoms with Crippen LogP contribution in [0.25, 0.3) is 0 Å². The Balaban J connectivity index is 1.99. The minimum Gasteiger partial charge on any atom is -0.398 e. The topological polar surface area (TPSA) is 75.6 Å². The van der Waals surface area contributed by atoms with Crippen molar-refractivity contribution in [2.45, 2.75) is 12.8 Å². The summed E-state index contributed by atoms with van der Waals surface area (Å²) in [5.41, 5.74) is 12.9. The van der Waals surface area contributed by atoms with Gasteiger partial charge in [0.15, 0.2) is 0 Å². The summed E-state index contributed by atoms with van der Waals surface area (Å²) in [5.74, 6) is -0.479. The molecular formula is C14H22N4O. The lowest BCUT2D eigenvalue weighted by Crippen LogP contribution is -2.31. The second-order valence-electron chi connectivity index (χ2n) is 5.11. The predicted octanol–water partition coefficient (Wildman–Crippen LogP) is 0.900. The largest absolute Gasteiger partial charge is 0.398 e. The molecule has 0 unspecified atom stereocenters. The van der Waals surface area contributed by atoms with E-state index >= 15 is 0 Å². The lowest BCUT2D eigenvalue weighted by atomic mass is 10.1. The highest BCUT2D eigenvalue weighted by Gasteiger charge is 2.13. The molecule has 0 bridgehead atoms. The summed E-state index contributed by atoms with van der Waals surface area (Å²) in [6.07, 6.45) is 2.61. The molecule has 0 spiro atoms. The third-order valence-corrected chi connectivity index (χ3v) is 3.69. The first kappa shape index (κ1) is 13.7. The number of amides is 1. The highest BCUT2D eigenvalue weighted by molar-refractivity contribution is 5.99. The molecule has 0 atom stereocenters. The zero-order chi connectivity index (χ0) is 13.8. The van der Waals surface area contributed by atoms with E-state index in [1.807, 2.05) is 13.1 Å². The van der Waals surface area contributed by atoms with Crippen LogP contribution in [-0.2, 0) is 0 Å². The van der Waals surface area contributed by atoms with Gasteiger partial charge in [-0.3, -0.25) is 4.79 Å². The van der Waals surface area contributed by atoms with Crippen LogP contribution < -0.4 is 16.4 Å². The molecular weight excluding hydrogens is 240 g/mol. The van der Waals surface area contributed by atoms with Gasteiger partial charge in [-0.2, -0.15) is 0 Å². The van der Waals surface area contributed by atoms with Crippen molar-refractivity contribution in [3.63, 3.8) is 0 Å². The molecule has 1 amide bonds. The molecule has 1 aromatic carbocycles. The standard InChI is InChI=1S/C14H22N4O/c1-17(8-9-18-6-2-3-7-18)11-4-5-13(15)12(10-11)14(16)19/h4-5,10H,2-3,6-9,15H2,1H3,(H2,16,19). The van der Waals surface area contributed by atoms with Crippen LogP contribution in [0.2, 0.25) is 0 Å². The molecule has 0 saturated carbocycles. The number of likely N-dealkylation sites (tertiary alicyclic amines) is 1. The van der Waals surface area contributed by atoms with Gasteiger partial charge in [0.25, 0.3) is 5.91 Å². The van der Waals surface area contributed by atoms with Gasteiger partial charge in [-0.15, -0.1) is 0 Å². The molecule has 0 radical (unpaired) electrons. The van der Waals surface area contributed by atoms with Crippen molar-refractivity contribution in [3.05, 3.63) is 23.8 Å². The Hall–Kier alpha value is -1.75. The van der Waals surface area contributed by atoms with Crippen molar-refractivity contribution in [2.24, 2.45) is 5.73 Å². The summed E-state index contributed by atoms with van der Waals surface area (Å²) >= 11 is 0. The van der Waals surface area contributed by atoms with E-state index in [9.17, 15) is 4.79 Å². The summed E-state index contributed by atoms with van der Waals surface area (Å²) in [6, 6.07) is 5.43. The van der Waals surface area contributed by atoms with Gasteiger partial charge in [0, 0.05) is 31.5 Å². The lowest BCUT2D eigenvalue weighted by Gasteiger charge is -2.23. The van der Waals surface area contributed by atoms with Crippen LogP contribution in [0.1, 0.15) is 23.2 Å². The number of rotatable bonds is 5. The van der Waals surface area contributed by atoms with Gasteiger partial charge in [-0.05, 0) is 44.1 Å². The molecule has 5 nitrogen and oxygen atoms in total. The van der Waals surface area contributed by atoms with E-state index < -0.39 is 5.91 Å². The summed E-state index contributed by atoms with van der Waals surface area (Å²) < 4.78 is 0. The van der Waals surface area contributed by atoms with Gasteiger partial charge < -0.3 is 21.3 Å². The summed E-state index contributed by atoms with van der Waals surface area (Å²) in [6.45, 7) is 4.37. The smallest absolute Gasteiger partial charge is 0.250 e. The zero-order valence-corrected chi connectivity index (χ0v) is 11.4. The highest BCUT2D eigenvalue weighted by atomic mass is 16.1. The average molecular weight is 262 g/mol. The Morgan fingerprint density at radius 2 is 2.05 bits per heavy atom. The van der Waals surface area contributed by atoms with Gasteiger partial charge >= 0.3 is 0 Å². The summed E-state index contributed by atoms with van der Waals surface area (Å²) in [7, 11) is 2.02. The number of likely N-dealkylation sites (N-methyl/N-ethyl adjacent to an activating group) is 1. The van der Waals surface area contributed by atoms with Gasteiger partial charge in [0.1, 0.15) is 0 Å². The first-order valence-corrected chi connectivity index (χ1v) is 6.71. The number of anilines is 2. The van der Waals surface area contributed by atoms with Crippen LogP contribution in [0.4, 0.5) is 11.4 Å². The second-order valence-corrected chi connectivity index (χ2v) is 5.11. The Morgan fingerprint density at radius 3 is 2.68 bits per heavy atom. The number of primary amides is 1. The quantitative estimate of drug-likeness (QED) is 0.773. The molecule has 0 aliphatic carbocycles. The Bertz CT molecular complexity index is 455. The number of nitrogens with zero attached hydrogens (tertiary/aromatic N) is 2. The summed E-state index contributed by atoms with van der Waals surface area (Å²) in [5, 5.41) is 0. The molecule has 4 N–H and O–H groups in total. The molecule has 1 aliphatic heterocycles. The Morgan fingerprint density at radius 1 is 1.37 bits per heavy atom. The molecule has 1 fully saturated rings. The molecule has 1 aromatic rings. The maximum atomic E-state index is 11.3. The number of carbonyl (C=O) groups is 1. The lowest BCUT2D eigenvalue weighted by molar-refractivity contribution is 0.100.